The van der Waals surface area contributed by atoms with Crippen molar-refractivity contribution in [2.45, 2.75) is 50.8 Å². The van der Waals surface area contributed by atoms with E-state index in [4.69, 9.17) is 4.74 Å². The largest absolute Gasteiger partial charge is 0.391 e. The molecule has 0 radical (unpaired) electrons. The molecule has 3 atom stereocenters. The van der Waals surface area contributed by atoms with Gasteiger partial charge in [0, 0.05) is 13.7 Å². The molecule has 3 unspecified atom stereocenters. The summed E-state index contributed by atoms with van der Waals surface area (Å²) in [7, 11) is 1.55. The Kier molecular flexibility index (Phi) is 4.84. The Morgan fingerprint density at radius 1 is 1.47 bits per heavy atom. The Bertz CT molecular complexity index is 242. The lowest BCUT2D eigenvalue weighted by atomic mass is 9.71. The van der Waals surface area contributed by atoms with Gasteiger partial charge in [0.25, 0.3) is 0 Å². The number of methoxy groups -OCH3 is 1. The second-order valence-corrected chi connectivity index (χ2v) is 5.12. The highest BCUT2D eigenvalue weighted by molar-refractivity contribution is 4.92. The average Bonchev–Trinajstić information content (AvgIpc) is 2.24. The fraction of sp³-hybridized carbons (Fsp3) is 1.00. The first kappa shape index (κ1) is 14.8. The topological polar surface area (TPSA) is 29.5 Å². The lowest BCUT2D eigenvalue weighted by Crippen LogP contribution is -2.45. The molecule has 1 N–H and O–H groups in total. The number of hydrogen-bond donors (Lipinski definition) is 1. The van der Waals surface area contributed by atoms with Gasteiger partial charge in [-0.3, -0.25) is 0 Å². The van der Waals surface area contributed by atoms with Crippen LogP contribution in [0.15, 0.2) is 0 Å². The lowest BCUT2D eigenvalue weighted by Gasteiger charge is -2.41. The zero-order valence-electron chi connectivity index (χ0n) is 10.4. The first-order valence-electron chi connectivity index (χ1n) is 6.07. The zero-order valence-corrected chi connectivity index (χ0v) is 10.4. The minimum Gasteiger partial charge on any atom is -0.390 e. The van der Waals surface area contributed by atoms with Gasteiger partial charge in [-0.1, -0.05) is 6.92 Å². The highest BCUT2D eigenvalue weighted by Crippen LogP contribution is 2.45. The van der Waals surface area contributed by atoms with Crippen LogP contribution in [-0.4, -0.2) is 30.6 Å². The molecule has 5 heteroatoms. The summed E-state index contributed by atoms with van der Waals surface area (Å²) in [6, 6.07) is 0. The van der Waals surface area contributed by atoms with Gasteiger partial charge in [0.05, 0.1) is 11.5 Å². The van der Waals surface area contributed by atoms with E-state index in [1.54, 1.807) is 14.0 Å². The zero-order chi connectivity index (χ0) is 13.1. The Morgan fingerprint density at radius 3 is 2.65 bits per heavy atom. The van der Waals surface area contributed by atoms with E-state index in [1.165, 1.54) is 0 Å². The summed E-state index contributed by atoms with van der Waals surface area (Å²) in [5, 5.41) is 10.3. The summed E-state index contributed by atoms with van der Waals surface area (Å²) in [5.74, 6) is -1.51. The molecule has 1 aliphatic rings. The molecule has 0 bridgehead atoms. The maximum atomic E-state index is 12.7. The third-order valence-electron chi connectivity index (χ3n) is 3.90. The lowest BCUT2D eigenvalue weighted by molar-refractivity contribution is -0.206. The molecule has 0 aromatic rings. The Morgan fingerprint density at radius 2 is 2.12 bits per heavy atom. The predicted octanol–water partition coefficient (Wildman–Crippen LogP) is 3.14. The molecule has 1 aliphatic carbocycles. The quantitative estimate of drug-likeness (QED) is 0.835. The highest BCUT2D eigenvalue weighted by Gasteiger charge is 2.48. The van der Waals surface area contributed by atoms with E-state index in [1.807, 2.05) is 0 Å². The monoisotopic (exact) mass is 254 g/mol. The smallest absolute Gasteiger partial charge is 0.390 e. The molecular weight excluding hydrogens is 233 g/mol. The number of hydrogen-bond acceptors (Lipinski definition) is 2. The van der Waals surface area contributed by atoms with Gasteiger partial charge in [0.2, 0.25) is 0 Å². The summed E-state index contributed by atoms with van der Waals surface area (Å²) in [6.45, 7) is 2.28. The fourth-order valence-corrected chi connectivity index (χ4v) is 2.58. The molecule has 0 aliphatic heterocycles. The van der Waals surface area contributed by atoms with Gasteiger partial charge in [-0.2, -0.15) is 13.2 Å². The minimum absolute atomic E-state index is 0.142. The summed E-state index contributed by atoms with van der Waals surface area (Å²) < 4.78 is 42.9. The number of alkyl halides is 3. The predicted molar refractivity (Wildman–Crippen MR) is 58.6 cm³/mol. The SMILES string of the molecule is COCCC(C)C1(O)CCCC(C(F)(F)F)C1. The first-order valence-corrected chi connectivity index (χ1v) is 6.07. The van der Waals surface area contributed by atoms with Crippen LogP contribution in [0.5, 0.6) is 0 Å². The molecular formula is C12H21F3O2. The van der Waals surface area contributed by atoms with E-state index in [9.17, 15) is 18.3 Å². The van der Waals surface area contributed by atoms with Gasteiger partial charge in [-0.25, -0.2) is 0 Å². The van der Waals surface area contributed by atoms with Crippen molar-refractivity contribution in [3.8, 4) is 0 Å². The van der Waals surface area contributed by atoms with Crippen molar-refractivity contribution in [1.29, 1.82) is 0 Å². The number of halogens is 3. The summed E-state index contributed by atoms with van der Waals surface area (Å²) in [6.07, 6.45) is -2.71. The standard InChI is InChI=1S/C12H21F3O2/c1-9(5-7-17-2)11(16)6-3-4-10(8-11)12(13,14)15/h9-10,16H,3-8H2,1-2H3. The molecule has 2 nitrogen and oxygen atoms in total. The van der Waals surface area contributed by atoms with Gasteiger partial charge in [0.1, 0.15) is 0 Å². The molecule has 0 aromatic carbocycles. The molecule has 0 amide bonds. The molecule has 1 fully saturated rings. The van der Waals surface area contributed by atoms with E-state index in [2.05, 4.69) is 0 Å². The van der Waals surface area contributed by atoms with Gasteiger partial charge >= 0.3 is 6.18 Å². The van der Waals surface area contributed by atoms with Crippen molar-refractivity contribution in [3.05, 3.63) is 0 Å². The van der Waals surface area contributed by atoms with Crippen LogP contribution < -0.4 is 0 Å². The van der Waals surface area contributed by atoms with Crippen molar-refractivity contribution in [2.24, 2.45) is 11.8 Å². The van der Waals surface area contributed by atoms with Crippen LogP contribution in [0.25, 0.3) is 0 Å². The fourth-order valence-electron chi connectivity index (χ4n) is 2.58. The van der Waals surface area contributed by atoms with Crippen LogP contribution in [0.4, 0.5) is 13.2 Å². The maximum Gasteiger partial charge on any atom is 0.391 e. The molecule has 1 saturated carbocycles. The van der Waals surface area contributed by atoms with Crippen LogP contribution in [-0.2, 0) is 4.74 Å². The van der Waals surface area contributed by atoms with E-state index in [-0.39, 0.29) is 18.8 Å². The van der Waals surface area contributed by atoms with Crippen molar-refractivity contribution < 1.29 is 23.0 Å². The molecule has 0 saturated heterocycles. The van der Waals surface area contributed by atoms with Gasteiger partial charge in [-0.05, 0) is 38.0 Å². The Hall–Kier alpha value is -0.290. The van der Waals surface area contributed by atoms with Crippen molar-refractivity contribution in [2.75, 3.05) is 13.7 Å². The Labute approximate surface area is 100 Å². The van der Waals surface area contributed by atoms with E-state index < -0.39 is 17.7 Å². The van der Waals surface area contributed by atoms with Crippen LogP contribution in [0, 0.1) is 11.8 Å². The van der Waals surface area contributed by atoms with Gasteiger partial charge in [-0.15, -0.1) is 0 Å². The average molecular weight is 254 g/mol. The highest BCUT2D eigenvalue weighted by atomic mass is 19.4. The number of aliphatic hydroxyl groups is 1. The summed E-state index contributed by atoms with van der Waals surface area (Å²) in [5.41, 5.74) is -1.18. The molecule has 0 spiro atoms. The van der Waals surface area contributed by atoms with Crippen molar-refractivity contribution >= 4 is 0 Å². The van der Waals surface area contributed by atoms with Crippen molar-refractivity contribution in [1.82, 2.24) is 0 Å². The maximum absolute atomic E-state index is 12.7. The third-order valence-corrected chi connectivity index (χ3v) is 3.90. The third kappa shape index (κ3) is 3.85. The second-order valence-electron chi connectivity index (χ2n) is 5.12. The summed E-state index contributed by atoms with van der Waals surface area (Å²) in [4.78, 5) is 0. The van der Waals surface area contributed by atoms with Crippen molar-refractivity contribution in [3.63, 3.8) is 0 Å². The molecule has 0 heterocycles. The molecule has 102 valence electrons. The number of ether oxygens (including phenoxy) is 1. The van der Waals surface area contributed by atoms with Crippen LogP contribution in [0.3, 0.4) is 0 Å². The van der Waals surface area contributed by atoms with E-state index >= 15 is 0 Å². The van der Waals surface area contributed by atoms with E-state index in [0.29, 0.717) is 25.9 Å². The first-order chi connectivity index (χ1) is 7.79. The van der Waals surface area contributed by atoms with E-state index in [0.717, 1.165) is 0 Å². The van der Waals surface area contributed by atoms with Crippen LogP contribution >= 0.6 is 0 Å². The molecule has 17 heavy (non-hydrogen) atoms. The van der Waals surface area contributed by atoms with Crippen LogP contribution in [0.2, 0.25) is 0 Å². The summed E-state index contributed by atoms with van der Waals surface area (Å²) >= 11 is 0. The second kappa shape index (κ2) is 5.57. The van der Waals surface area contributed by atoms with Crippen LogP contribution in [0.1, 0.15) is 39.0 Å². The minimum atomic E-state index is -4.19. The molecule has 1 rings (SSSR count). The molecule has 0 aromatic heterocycles. The van der Waals surface area contributed by atoms with Gasteiger partial charge < -0.3 is 9.84 Å². The normalized spacial score (nSPS) is 32.5. The number of rotatable bonds is 4. The van der Waals surface area contributed by atoms with Gasteiger partial charge in [0.15, 0.2) is 0 Å². The Balaban J connectivity index is 2.62.